The van der Waals surface area contributed by atoms with Gasteiger partial charge in [0.2, 0.25) is 0 Å². The zero-order valence-corrected chi connectivity index (χ0v) is 13.4. The van der Waals surface area contributed by atoms with Crippen LogP contribution < -0.4 is 10.1 Å². The highest BCUT2D eigenvalue weighted by atomic mass is 35.5. The van der Waals surface area contributed by atoms with E-state index >= 15 is 0 Å². The molecule has 112 valence electrons. The van der Waals surface area contributed by atoms with Gasteiger partial charge in [-0.2, -0.15) is 0 Å². The minimum absolute atomic E-state index is 0.109. The highest BCUT2D eigenvalue weighted by Gasteiger charge is 2.11. The fraction of sp³-hybridized carbons (Fsp3) is 0.250. The molecule has 5 heteroatoms. The molecule has 0 bridgehead atoms. The van der Waals surface area contributed by atoms with Crippen LogP contribution in [0.4, 0.5) is 0 Å². The summed E-state index contributed by atoms with van der Waals surface area (Å²) < 4.78 is 5.09. The summed E-state index contributed by atoms with van der Waals surface area (Å²) in [4.78, 5) is 0. The largest absolute Gasteiger partial charge is 0.504 e. The second kappa shape index (κ2) is 7.03. The molecule has 0 spiro atoms. The zero-order valence-electron chi connectivity index (χ0n) is 11.9. The van der Waals surface area contributed by atoms with Gasteiger partial charge in [-0.3, -0.25) is 0 Å². The summed E-state index contributed by atoms with van der Waals surface area (Å²) >= 11 is 11.9. The molecule has 0 saturated carbocycles. The van der Waals surface area contributed by atoms with E-state index in [9.17, 15) is 5.11 Å². The molecular weight excluding hydrogens is 309 g/mol. The Morgan fingerprint density at radius 1 is 1.14 bits per heavy atom. The van der Waals surface area contributed by atoms with E-state index in [1.807, 2.05) is 31.2 Å². The summed E-state index contributed by atoms with van der Waals surface area (Å²) in [7, 11) is 1.50. The highest BCUT2D eigenvalue weighted by molar-refractivity contribution is 6.31. The van der Waals surface area contributed by atoms with Crippen LogP contribution in [0.1, 0.15) is 24.1 Å². The summed E-state index contributed by atoms with van der Waals surface area (Å²) in [6, 6.07) is 11.1. The first-order valence-electron chi connectivity index (χ1n) is 6.55. The number of methoxy groups -OCH3 is 1. The van der Waals surface area contributed by atoms with Gasteiger partial charge >= 0.3 is 0 Å². The van der Waals surface area contributed by atoms with Crippen LogP contribution >= 0.6 is 23.2 Å². The van der Waals surface area contributed by atoms with Crippen molar-refractivity contribution in [2.24, 2.45) is 0 Å². The van der Waals surface area contributed by atoms with Crippen LogP contribution in [0.25, 0.3) is 0 Å². The monoisotopic (exact) mass is 325 g/mol. The summed E-state index contributed by atoms with van der Waals surface area (Å²) in [5.41, 5.74) is 1.81. The number of nitrogens with one attached hydrogen (secondary N) is 1. The van der Waals surface area contributed by atoms with Crippen LogP contribution in [0.5, 0.6) is 11.5 Å². The third-order valence-electron chi connectivity index (χ3n) is 3.31. The summed E-state index contributed by atoms with van der Waals surface area (Å²) in [6.07, 6.45) is 0. The average molecular weight is 326 g/mol. The quantitative estimate of drug-likeness (QED) is 0.846. The second-order valence-electron chi connectivity index (χ2n) is 4.77. The van der Waals surface area contributed by atoms with E-state index in [2.05, 4.69) is 5.32 Å². The standard InChI is InChI=1S/C16H17Cl2NO2/c1-10(11-3-5-13(17)6-4-11)19-9-12-7-14(18)8-15(21-2)16(12)20/h3-8,10,19-20H,9H2,1-2H3/t10-/m0/s1. The third-order valence-corrected chi connectivity index (χ3v) is 3.78. The number of halogens is 2. The molecule has 21 heavy (non-hydrogen) atoms. The minimum Gasteiger partial charge on any atom is -0.504 e. The number of phenolic OH excluding ortho intramolecular Hbond substituents is 1. The molecule has 0 radical (unpaired) electrons. The molecule has 0 aromatic heterocycles. The van der Waals surface area contributed by atoms with E-state index in [4.69, 9.17) is 27.9 Å². The summed E-state index contributed by atoms with van der Waals surface area (Å²) in [5, 5.41) is 14.7. The predicted octanol–water partition coefficient (Wildman–Crippen LogP) is 4.56. The average Bonchev–Trinajstić information content (AvgIpc) is 2.48. The number of hydrogen-bond donors (Lipinski definition) is 2. The molecule has 0 unspecified atom stereocenters. The second-order valence-corrected chi connectivity index (χ2v) is 5.64. The van der Waals surface area contributed by atoms with E-state index in [1.54, 1.807) is 12.1 Å². The molecule has 2 rings (SSSR count). The Balaban J connectivity index is 2.09. The molecule has 2 N–H and O–H groups in total. The number of phenols is 1. The Morgan fingerprint density at radius 3 is 2.43 bits per heavy atom. The predicted molar refractivity (Wildman–Crippen MR) is 86.4 cm³/mol. The van der Waals surface area contributed by atoms with Crippen LogP contribution in [0.2, 0.25) is 10.0 Å². The molecule has 1 atom stereocenters. The van der Waals surface area contributed by atoms with Gasteiger partial charge in [-0.15, -0.1) is 0 Å². The zero-order chi connectivity index (χ0) is 15.4. The lowest BCUT2D eigenvalue weighted by Crippen LogP contribution is -2.18. The van der Waals surface area contributed by atoms with Crippen LogP contribution in [0.15, 0.2) is 36.4 Å². The Bertz CT molecular complexity index is 614. The van der Waals surface area contributed by atoms with Gasteiger partial charge in [0, 0.05) is 34.3 Å². The van der Waals surface area contributed by atoms with Gasteiger partial charge in [0.05, 0.1) is 7.11 Å². The van der Waals surface area contributed by atoms with Crippen molar-refractivity contribution in [2.75, 3.05) is 7.11 Å². The lowest BCUT2D eigenvalue weighted by molar-refractivity contribution is 0.369. The first kappa shape index (κ1) is 16.0. The Morgan fingerprint density at radius 2 is 1.81 bits per heavy atom. The first-order chi connectivity index (χ1) is 10.0. The van der Waals surface area contributed by atoms with Crippen molar-refractivity contribution in [3.05, 3.63) is 57.6 Å². The van der Waals surface area contributed by atoms with Crippen LogP contribution in [-0.2, 0) is 6.54 Å². The van der Waals surface area contributed by atoms with Gasteiger partial charge in [-0.25, -0.2) is 0 Å². The number of hydrogen-bond acceptors (Lipinski definition) is 3. The molecule has 0 aliphatic rings. The molecule has 0 saturated heterocycles. The molecule has 0 aliphatic carbocycles. The normalized spacial score (nSPS) is 12.2. The fourth-order valence-electron chi connectivity index (χ4n) is 2.05. The van der Waals surface area contributed by atoms with Gasteiger partial charge in [0.15, 0.2) is 11.5 Å². The maximum Gasteiger partial charge on any atom is 0.162 e. The maximum atomic E-state index is 10.1. The molecule has 2 aromatic carbocycles. The van der Waals surface area contributed by atoms with E-state index in [0.29, 0.717) is 27.9 Å². The molecular formula is C16H17Cl2NO2. The van der Waals surface area contributed by atoms with Gasteiger partial charge in [-0.05, 0) is 30.7 Å². The summed E-state index contributed by atoms with van der Waals surface area (Å²) in [6.45, 7) is 2.52. The fourth-order valence-corrected chi connectivity index (χ4v) is 2.41. The van der Waals surface area contributed by atoms with E-state index in [-0.39, 0.29) is 11.8 Å². The molecule has 3 nitrogen and oxygen atoms in total. The number of rotatable bonds is 5. The molecule has 2 aromatic rings. The van der Waals surface area contributed by atoms with Crippen molar-refractivity contribution in [2.45, 2.75) is 19.5 Å². The molecule has 0 amide bonds. The van der Waals surface area contributed by atoms with Crippen molar-refractivity contribution >= 4 is 23.2 Å². The minimum atomic E-state index is 0.109. The molecule has 0 aliphatic heterocycles. The van der Waals surface area contributed by atoms with E-state index < -0.39 is 0 Å². The van der Waals surface area contributed by atoms with Crippen LogP contribution in [0, 0.1) is 0 Å². The molecule has 0 fully saturated rings. The van der Waals surface area contributed by atoms with Gasteiger partial charge in [-0.1, -0.05) is 35.3 Å². The lowest BCUT2D eigenvalue weighted by atomic mass is 10.1. The molecule has 0 heterocycles. The van der Waals surface area contributed by atoms with Gasteiger partial charge in [0.25, 0.3) is 0 Å². The first-order valence-corrected chi connectivity index (χ1v) is 7.31. The Labute approximate surface area is 134 Å². The lowest BCUT2D eigenvalue weighted by Gasteiger charge is -2.16. The van der Waals surface area contributed by atoms with Gasteiger partial charge < -0.3 is 15.2 Å². The third kappa shape index (κ3) is 4.03. The van der Waals surface area contributed by atoms with Crippen molar-refractivity contribution < 1.29 is 9.84 Å². The topological polar surface area (TPSA) is 41.5 Å². The number of ether oxygens (including phenoxy) is 1. The highest BCUT2D eigenvalue weighted by Crippen LogP contribution is 2.33. The van der Waals surface area contributed by atoms with Crippen LogP contribution in [-0.4, -0.2) is 12.2 Å². The SMILES string of the molecule is COc1cc(Cl)cc(CN[C@@H](C)c2ccc(Cl)cc2)c1O. The number of aromatic hydroxyl groups is 1. The maximum absolute atomic E-state index is 10.1. The van der Waals surface area contributed by atoms with E-state index in [0.717, 1.165) is 5.56 Å². The van der Waals surface area contributed by atoms with Crippen molar-refractivity contribution in [1.29, 1.82) is 0 Å². The van der Waals surface area contributed by atoms with Crippen molar-refractivity contribution in [3.63, 3.8) is 0 Å². The summed E-state index contributed by atoms with van der Waals surface area (Å²) in [5.74, 6) is 0.483. The Hall–Kier alpha value is -1.42. The number of benzene rings is 2. The van der Waals surface area contributed by atoms with Crippen molar-refractivity contribution in [3.8, 4) is 11.5 Å². The van der Waals surface area contributed by atoms with Crippen molar-refractivity contribution in [1.82, 2.24) is 5.32 Å². The van der Waals surface area contributed by atoms with Gasteiger partial charge in [0.1, 0.15) is 0 Å². The van der Waals surface area contributed by atoms with Crippen LogP contribution in [0.3, 0.4) is 0 Å². The smallest absolute Gasteiger partial charge is 0.162 e. The Kier molecular flexibility index (Phi) is 5.34. The van der Waals surface area contributed by atoms with E-state index in [1.165, 1.54) is 7.11 Å².